The molecule has 0 saturated carbocycles. The van der Waals surface area contributed by atoms with E-state index in [1.165, 1.54) is 10.6 Å². The molecule has 0 radical (unpaired) electrons. The summed E-state index contributed by atoms with van der Waals surface area (Å²) in [6.45, 7) is 5.23. The first kappa shape index (κ1) is 22.5. The lowest BCUT2D eigenvalue weighted by atomic mass is 10.4. The lowest BCUT2D eigenvalue weighted by Gasteiger charge is -2.35. The van der Waals surface area contributed by atoms with Gasteiger partial charge in [0.2, 0.25) is 10.0 Å². The minimum atomic E-state index is -3.42. The predicted molar refractivity (Wildman–Crippen MR) is 114 cm³/mol. The molecule has 0 atom stereocenters. The van der Waals surface area contributed by atoms with E-state index in [0.717, 1.165) is 12.4 Å². The molecule has 0 bridgehead atoms. The van der Waals surface area contributed by atoms with Crippen LogP contribution in [-0.4, -0.2) is 76.7 Å². The SMILES string of the molecule is CCn1cnnc1CNC(=NC)N1CCN(S(=O)(=O)Cc2ccon2)CC1.I. The Morgan fingerprint density at radius 1 is 1.32 bits per heavy atom. The Morgan fingerprint density at radius 3 is 2.68 bits per heavy atom. The quantitative estimate of drug-likeness (QED) is 0.322. The molecule has 0 aromatic carbocycles. The number of rotatable bonds is 6. The second-order valence-corrected chi connectivity index (χ2v) is 8.04. The van der Waals surface area contributed by atoms with Crippen molar-refractivity contribution in [2.75, 3.05) is 33.2 Å². The molecular weight excluding hydrogens is 499 g/mol. The Morgan fingerprint density at radius 2 is 2.07 bits per heavy atom. The number of hydrogen-bond donors (Lipinski definition) is 1. The van der Waals surface area contributed by atoms with E-state index in [1.807, 2.05) is 16.4 Å². The lowest BCUT2D eigenvalue weighted by molar-refractivity contribution is 0.259. The summed E-state index contributed by atoms with van der Waals surface area (Å²) in [4.78, 5) is 6.33. The zero-order valence-corrected chi connectivity index (χ0v) is 19.0. The molecular formula is C15H25IN8O3S. The summed E-state index contributed by atoms with van der Waals surface area (Å²) in [6.07, 6.45) is 3.07. The third-order valence-electron chi connectivity index (χ3n) is 4.41. The fourth-order valence-electron chi connectivity index (χ4n) is 2.94. The Hall–Kier alpha value is -1.74. The average molecular weight is 524 g/mol. The Balaban J connectivity index is 0.00000280. The third kappa shape index (κ3) is 5.41. The van der Waals surface area contributed by atoms with Gasteiger partial charge in [0, 0.05) is 45.8 Å². The number of hydrogen-bond acceptors (Lipinski definition) is 7. The van der Waals surface area contributed by atoms with Gasteiger partial charge < -0.3 is 19.3 Å². The van der Waals surface area contributed by atoms with E-state index in [1.54, 1.807) is 19.4 Å². The van der Waals surface area contributed by atoms with Gasteiger partial charge in [0.05, 0.1) is 12.2 Å². The maximum absolute atomic E-state index is 12.5. The molecule has 1 aliphatic rings. The molecule has 2 aromatic rings. The van der Waals surface area contributed by atoms with Crippen molar-refractivity contribution in [1.29, 1.82) is 0 Å². The minimum Gasteiger partial charge on any atom is -0.364 e. The summed E-state index contributed by atoms with van der Waals surface area (Å²) < 4.78 is 33.2. The van der Waals surface area contributed by atoms with Crippen LogP contribution in [0.5, 0.6) is 0 Å². The molecule has 11 nitrogen and oxygen atoms in total. The zero-order valence-electron chi connectivity index (χ0n) is 15.9. The largest absolute Gasteiger partial charge is 0.364 e. The Bertz CT molecular complexity index is 860. The number of guanidine groups is 1. The van der Waals surface area contributed by atoms with E-state index >= 15 is 0 Å². The van der Waals surface area contributed by atoms with E-state index in [-0.39, 0.29) is 29.7 Å². The van der Waals surface area contributed by atoms with E-state index in [4.69, 9.17) is 4.52 Å². The van der Waals surface area contributed by atoms with E-state index in [9.17, 15) is 8.42 Å². The molecule has 3 heterocycles. The molecule has 0 amide bonds. The second-order valence-electron chi connectivity index (χ2n) is 6.07. The van der Waals surface area contributed by atoms with Crippen LogP contribution in [0.25, 0.3) is 0 Å². The lowest BCUT2D eigenvalue weighted by Crippen LogP contribution is -2.53. The zero-order chi connectivity index (χ0) is 19.3. The van der Waals surface area contributed by atoms with E-state index in [0.29, 0.717) is 44.4 Å². The van der Waals surface area contributed by atoms with E-state index in [2.05, 4.69) is 25.7 Å². The van der Waals surface area contributed by atoms with Gasteiger partial charge in [-0.15, -0.1) is 34.2 Å². The van der Waals surface area contributed by atoms with Gasteiger partial charge in [-0.3, -0.25) is 4.99 Å². The van der Waals surface area contributed by atoms with Gasteiger partial charge in [-0.25, -0.2) is 8.42 Å². The number of sulfonamides is 1. The van der Waals surface area contributed by atoms with Crippen molar-refractivity contribution in [1.82, 2.24) is 34.4 Å². The molecule has 0 aliphatic carbocycles. The van der Waals surface area contributed by atoms with Gasteiger partial charge in [0.25, 0.3) is 0 Å². The van der Waals surface area contributed by atoms with Crippen LogP contribution in [-0.2, 0) is 28.9 Å². The number of halogens is 1. The number of aryl methyl sites for hydroxylation is 1. The number of nitrogens with one attached hydrogen (secondary N) is 1. The summed E-state index contributed by atoms with van der Waals surface area (Å²) >= 11 is 0. The molecule has 0 spiro atoms. The fraction of sp³-hybridized carbons (Fsp3) is 0.600. The second kappa shape index (κ2) is 10.2. The Labute approximate surface area is 181 Å². The van der Waals surface area contributed by atoms with Crippen LogP contribution in [0, 0.1) is 0 Å². The summed E-state index contributed by atoms with van der Waals surface area (Å²) in [5, 5.41) is 15.0. The van der Waals surface area contributed by atoms with Gasteiger partial charge >= 0.3 is 0 Å². The van der Waals surface area contributed by atoms with Crippen molar-refractivity contribution >= 4 is 40.0 Å². The highest BCUT2D eigenvalue weighted by Gasteiger charge is 2.29. The molecule has 1 saturated heterocycles. The first-order valence-electron chi connectivity index (χ1n) is 8.73. The summed E-state index contributed by atoms with van der Waals surface area (Å²) in [5.41, 5.74) is 0.412. The highest BCUT2D eigenvalue weighted by atomic mass is 127. The van der Waals surface area contributed by atoms with Crippen LogP contribution in [0.4, 0.5) is 0 Å². The van der Waals surface area contributed by atoms with Crippen molar-refractivity contribution in [2.45, 2.75) is 25.8 Å². The molecule has 0 unspecified atom stereocenters. The predicted octanol–water partition coefficient (Wildman–Crippen LogP) is 0.127. The van der Waals surface area contributed by atoms with Crippen molar-refractivity contribution in [3.05, 3.63) is 30.2 Å². The fourth-order valence-corrected chi connectivity index (χ4v) is 4.36. The Kier molecular flexibility index (Phi) is 8.18. The highest BCUT2D eigenvalue weighted by Crippen LogP contribution is 2.13. The van der Waals surface area contributed by atoms with E-state index < -0.39 is 10.0 Å². The minimum absolute atomic E-state index is 0. The van der Waals surface area contributed by atoms with Gasteiger partial charge in [-0.2, -0.15) is 4.31 Å². The molecule has 28 heavy (non-hydrogen) atoms. The van der Waals surface area contributed by atoms with Crippen molar-refractivity contribution < 1.29 is 12.9 Å². The van der Waals surface area contributed by atoms with Crippen molar-refractivity contribution in [2.24, 2.45) is 4.99 Å². The first-order chi connectivity index (χ1) is 13.0. The number of nitrogens with zero attached hydrogens (tertiary/aromatic N) is 7. The topological polar surface area (TPSA) is 122 Å². The summed E-state index contributed by atoms with van der Waals surface area (Å²) in [6, 6.07) is 1.56. The standard InChI is InChI=1S/C15H24N8O3S.HI/c1-3-21-12-18-19-14(21)10-17-15(16-2)22-5-7-23(8-6-22)27(24,25)11-13-4-9-26-20-13;/h4,9,12H,3,5-8,10-11H2,1-2H3,(H,16,17);1H. The van der Waals surface area contributed by atoms with Crippen LogP contribution in [0.2, 0.25) is 0 Å². The van der Waals surface area contributed by atoms with Crippen molar-refractivity contribution in [3.8, 4) is 0 Å². The number of piperazine rings is 1. The third-order valence-corrected chi connectivity index (χ3v) is 6.22. The molecule has 1 N–H and O–H groups in total. The van der Waals surface area contributed by atoms with Crippen LogP contribution >= 0.6 is 24.0 Å². The monoisotopic (exact) mass is 524 g/mol. The maximum Gasteiger partial charge on any atom is 0.220 e. The van der Waals surface area contributed by atoms with Crippen LogP contribution < -0.4 is 5.32 Å². The number of aromatic nitrogens is 4. The average Bonchev–Trinajstić information content (AvgIpc) is 3.34. The smallest absolute Gasteiger partial charge is 0.220 e. The molecule has 3 rings (SSSR count). The number of aliphatic imine (C=N–C) groups is 1. The van der Waals surface area contributed by atoms with Gasteiger partial charge in [-0.05, 0) is 6.92 Å². The molecule has 13 heteroatoms. The van der Waals surface area contributed by atoms with Gasteiger partial charge in [0.15, 0.2) is 11.8 Å². The molecule has 2 aromatic heterocycles. The molecule has 156 valence electrons. The van der Waals surface area contributed by atoms with Gasteiger partial charge in [-0.1, -0.05) is 5.16 Å². The summed E-state index contributed by atoms with van der Waals surface area (Å²) in [5.74, 6) is 1.39. The normalized spacial score (nSPS) is 16.1. The van der Waals surface area contributed by atoms with Gasteiger partial charge in [0.1, 0.15) is 18.3 Å². The van der Waals surface area contributed by atoms with Crippen LogP contribution in [0.15, 0.2) is 28.2 Å². The highest BCUT2D eigenvalue weighted by molar-refractivity contribution is 14.0. The van der Waals surface area contributed by atoms with Crippen LogP contribution in [0.1, 0.15) is 18.4 Å². The maximum atomic E-state index is 12.5. The molecule has 1 aliphatic heterocycles. The van der Waals surface area contributed by atoms with Crippen LogP contribution in [0.3, 0.4) is 0 Å². The van der Waals surface area contributed by atoms with Crippen molar-refractivity contribution in [3.63, 3.8) is 0 Å². The summed E-state index contributed by atoms with van der Waals surface area (Å²) in [7, 11) is -1.71. The first-order valence-corrected chi connectivity index (χ1v) is 10.3. The molecule has 1 fully saturated rings.